The SMILES string of the molecule is CC(C)C[C@@H]1C[C@](C)(O)[C@@H]2[C@H]3CC[C@@H]4[C@@]5(C)[C@@H](O)C=CC(C)(C)[C@@H]5CC[C@@]4(C)[C@@]34CO[C@@]2(C4)O1. The van der Waals surface area contributed by atoms with Crippen molar-refractivity contribution in [2.24, 2.45) is 51.2 Å². The molecule has 2 N–H and O–H groups in total. The van der Waals surface area contributed by atoms with Crippen LogP contribution in [0.2, 0.25) is 0 Å². The summed E-state index contributed by atoms with van der Waals surface area (Å²) in [4.78, 5) is 0. The van der Waals surface area contributed by atoms with Crippen molar-refractivity contribution in [2.75, 3.05) is 6.61 Å². The molecule has 0 unspecified atom stereocenters. The van der Waals surface area contributed by atoms with Crippen LogP contribution >= 0.6 is 0 Å². The maximum atomic E-state index is 11.9. The van der Waals surface area contributed by atoms with Gasteiger partial charge in [0.05, 0.1) is 24.4 Å². The minimum Gasteiger partial charge on any atom is -0.390 e. The van der Waals surface area contributed by atoms with Crippen molar-refractivity contribution in [1.29, 1.82) is 0 Å². The maximum absolute atomic E-state index is 11.9. The van der Waals surface area contributed by atoms with Gasteiger partial charge in [0, 0.05) is 29.6 Å². The summed E-state index contributed by atoms with van der Waals surface area (Å²) in [6.07, 6.45) is 11.2. The molecule has 4 heteroatoms. The molecule has 192 valence electrons. The molecule has 4 aliphatic carbocycles. The second kappa shape index (κ2) is 6.91. The van der Waals surface area contributed by atoms with Crippen LogP contribution in [0.1, 0.15) is 93.4 Å². The third-order valence-corrected chi connectivity index (χ3v) is 12.5. The Bertz CT molecular complexity index is 892. The Hall–Kier alpha value is -0.420. The number of hydrogen-bond acceptors (Lipinski definition) is 4. The number of aliphatic hydroxyl groups excluding tert-OH is 1. The van der Waals surface area contributed by atoms with Crippen molar-refractivity contribution in [3.05, 3.63) is 12.2 Å². The van der Waals surface area contributed by atoms with E-state index in [4.69, 9.17) is 9.47 Å². The molecule has 6 aliphatic rings. The first-order valence-corrected chi connectivity index (χ1v) is 14.1. The van der Waals surface area contributed by atoms with Crippen LogP contribution < -0.4 is 0 Å². The Morgan fingerprint density at radius 3 is 2.47 bits per heavy atom. The van der Waals surface area contributed by atoms with E-state index in [1.54, 1.807) is 0 Å². The highest BCUT2D eigenvalue weighted by Gasteiger charge is 2.80. The summed E-state index contributed by atoms with van der Waals surface area (Å²) in [7, 11) is 0. The molecular weight excluding hydrogens is 424 g/mol. The van der Waals surface area contributed by atoms with Crippen LogP contribution in [0.3, 0.4) is 0 Å². The largest absolute Gasteiger partial charge is 0.390 e. The average molecular weight is 473 g/mol. The first-order chi connectivity index (χ1) is 15.7. The van der Waals surface area contributed by atoms with Crippen LogP contribution in [-0.4, -0.2) is 40.4 Å². The Morgan fingerprint density at radius 1 is 1.03 bits per heavy atom. The van der Waals surface area contributed by atoms with Gasteiger partial charge in [0.25, 0.3) is 0 Å². The predicted molar refractivity (Wildman–Crippen MR) is 133 cm³/mol. The Balaban J connectivity index is 1.42. The lowest BCUT2D eigenvalue weighted by Gasteiger charge is -2.69. The predicted octanol–water partition coefficient (Wildman–Crippen LogP) is 5.71. The van der Waals surface area contributed by atoms with E-state index in [1.807, 2.05) is 0 Å². The fourth-order valence-corrected chi connectivity index (χ4v) is 11.4. The molecule has 0 amide bonds. The molecule has 4 nitrogen and oxygen atoms in total. The Morgan fingerprint density at radius 2 is 1.76 bits per heavy atom. The zero-order chi connectivity index (χ0) is 24.5. The zero-order valence-electron chi connectivity index (χ0n) is 22.6. The van der Waals surface area contributed by atoms with E-state index in [9.17, 15) is 10.2 Å². The van der Waals surface area contributed by atoms with Crippen molar-refractivity contribution in [2.45, 2.75) is 117 Å². The number of hydrogen-bond donors (Lipinski definition) is 2. The van der Waals surface area contributed by atoms with Gasteiger partial charge >= 0.3 is 0 Å². The van der Waals surface area contributed by atoms with Crippen LogP contribution in [-0.2, 0) is 9.47 Å². The molecular formula is C30H48O4. The van der Waals surface area contributed by atoms with Gasteiger partial charge in [-0.25, -0.2) is 0 Å². The molecule has 2 aliphatic heterocycles. The van der Waals surface area contributed by atoms with Crippen molar-refractivity contribution < 1.29 is 19.7 Å². The van der Waals surface area contributed by atoms with Crippen LogP contribution in [0.25, 0.3) is 0 Å². The molecule has 2 spiro atoms. The third-order valence-electron chi connectivity index (χ3n) is 12.5. The second-order valence-electron chi connectivity index (χ2n) is 15.1. The van der Waals surface area contributed by atoms with Gasteiger partial charge in [-0.05, 0) is 73.5 Å². The molecule has 2 saturated heterocycles. The molecule has 0 aromatic heterocycles. The summed E-state index contributed by atoms with van der Waals surface area (Å²) in [5.74, 6) is 1.32. The molecule has 3 saturated carbocycles. The summed E-state index contributed by atoms with van der Waals surface area (Å²) in [6.45, 7) is 17.0. The van der Waals surface area contributed by atoms with E-state index in [1.165, 1.54) is 6.42 Å². The normalized spacial score (nSPS) is 59.4. The van der Waals surface area contributed by atoms with E-state index in [2.05, 4.69) is 60.6 Å². The summed E-state index contributed by atoms with van der Waals surface area (Å²) < 4.78 is 13.6. The Kier molecular flexibility index (Phi) is 4.87. The van der Waals surface area contributed by atoms with Gasteiger partial charge in [0.2, 0.25) is 0 Å². The van der Waals surface area contributed by atoms with Crippen molar-refractivity contribution in [3.63, 3.8) is 0 Å². The summed E-state index contributed by atoms with van der Waals surface area (Å²) in [6, 6.07) is 0. The molecule has 6 rings (SSSR count). The highest BCUT2D eigenvalue weighted by molar-refractivity contribution is 5.28. The van der Waals surface area contributed by atoms with Crippen LogP contribution in [0, 0.1) is 51.2 Å². The number of ether oxygens (including phenoxy) is 2. The topological polar surface area (TPSA) is 58.9 Å². The smallest absolute Gasteiger partial charge is 0.175 e. The molecule has 34 heavy (non-hydrogen) atoms. The van der Waals surface area contributed by atoms with E-state index < -0.39 is 17.5 Å². The molecule has 0 aromatic rings. The summed E-state index contributed by atoms with van der Waals surface area (Å²) >= 11 is 0. The third kappa shape index (κ3) is 2.70. The van der Waals surface area contributed by atoms with Crippen molar-refractivity contribution in [3.8, 4) is 0 Å². The molecule has 0 aromatic carbocycles. The van der Waals surface area contributed by atoms with Gasteiger partial charge < -0.3 is 19.7 Å². The number of rotatable bonds is 2. The van der Waals surface area contributed by atoms with Crippen molar-refractivity contribution >= 4 is 0 Å². The van der Waals surface area contributed by atoms with Crippen molar-refractivity contribution in [1.82, 2.24) is 0 Å². The van der Waals surface area contributed by atoms with Gasteiger partial charge in [-0.2, -0.15) is 0 Å². The monoisotopic (exact) mass is 472 g/mol. The second-order valence-corrected chi connectivity index (χ2v) is 15.1. The van der Waals surface area contributed by atoms with Crippen LogP contribution in [0.4, 0.5) is 0 Å². The van der Waals surface area contributed by atoms with Gasteiger partial charge in [-0.1, -0.05) is 53.7 Å². The van der Waals surface area contributed by atoms with Gasteiger partial charge in [0.1, 0.15) is 0 Å². The molecule has 2 heterocycles. The fraction of sp³-hybridized carbons (Fsp3) is 0.933. The number of aliphatic hydroxyl groups is 2. The molecule has 11 atom stereocenters. The Labute approximate surface area is 206 Å². The highest BCUT2D eigenvalue weighted by atomic mass is 16.7. The molecule has 0 radical (unpaired) electrons. The number of fused-ring (bicyclic) bond motifs is 4. The lowest BCUT2D eigenvalue weighted by molar-refractivity contribution is -0.347. The highest BCUT2D eigenvalue weighted by Crippen LogP contribution is 2.80. The minimum atomic E-state index is -0.760. The fourth-order valence-electron chi connectivity index (χ4n) is 11.4. The van der Waals surface area contributed by atoms with E-state index >= 15 is 0 Å². The van der Waals surface area contributed by atoms with E-state index in [-0.39, 0.29) is 33.7 Å². The average Bonchev–Trinajstić information content (AvgIpc) is 3.22. The quantitative estimate of drug-likeness (QED) is 0.505. The maximum Gasteiger partial charge on any atom is 0.175 e. The lowest BCUT2D eigenvalue weighted by Crippen LogP contribution is -2.67. The summed E-state index contributed by atoms with van der Waals surface area (Å²) in [5, 5.41) is 23.4. The molecule has 5 fully saturated rings. The van der Waals surface area contributed by atoms with Crippen LogP contribution in [0.5, 0.6) is 0 Å². The van der Waals surface area contributed by atoms with E-state index in [0.29, 0.717) is 30.1 Å². The minimum absolute atomic E-state index is 0.0241. The van der Waals surface area contributed by atoms with Gasteiger partial charge in [0.15, 0.2) is 5.79 Å². The molecule has 2 bridgehead atoms. The first kappa shape index (κ1) is 23.9. The zero-order valence-corrected chi connectivity index (χ0v) is 22.6. The van der Waals surface area contributed by atoms with Gasteiger partial charge in [-0.3, -0.25) is 0 Å². The van der Waals surface area contributed by atoms with Gasteiger partial charge in [-0.15, -0.1) is 0 Å². The van der Waals surface area contributed by atoms with E-state index in [0.717, 1.165) is 38.7 Å². The first-order valence-electron chi connectivity index (χ1n) is 14.1. The van der Waals surface area contributed by atoms with Crippen LogP contribution in [0.15, 0.2) is 12.2 Å². The lowest BCUT2D eigenvalue weighted by atomic mass is 9.35. The summed E-state index contributed by atoms with van der Waals surface area (Å²) in [5.41, 5.74) is -0.673. The number of allylic oxidation sites excluding steroid dienone is 1. The standard InChI is InChI=1S/C30H48O4/c1-18(2)14-19-15-27(6,32)24-20-8-9-22-26(5,29(20)16-30(24,34-19)33-17-29)13-10-21-25(3,4)12-11-23(31)28(21,22)7/h11-12,18-24,31-32H,8-10,13-17H2,1-7H3/t19-,20-,21+,22+,23+,24+,26-,27+,28+,29+,30+/m1/s1.